The first kappa shape index (κ1) is 33.9. The number of hydrogen-bond donors (Lipinski definition) is 1. The number of nitrogens with one attached hydrogen (secondary N) is 2. The van der Waals surface area contributed by atoms with Gasteiger partial charge < -0.3 is 26.1 Å². The summed E-state index contributed by atoms with van der Waals surface area (Å²) in [6, 6.07) is 13.6. The molecule has 0 spiro atoms. The van der Waals surface area contributed by atoms with E-state index in [1.54, 1.807) is 43.0 Å². The number of amides is 2. The van der Waals surface area contributed by atoms with Gasteiger partial charge in [-0.3, -0.25) is 9.59 Å². The van der Waals surface area contributed by atoms with Crippen LogP contribution in [-0.2, 0) is 25.9 Å². The van der Waals surface area contributed by atoms with Crippen LogP contribution in [0.3, 0.4) is 0 Å². The van der Waals surface area contributed by atoms with Crippen LogP contribution in [0.2, 0.25) is 5.02 Å². The second kappa shape index (κ2) is 16.1. The van der Waals surface area contributed by atoms with Gasteiger partial charge in [-0.2, -0.15) is 11.0 Å². The fourth-order valence-electron chi connectivity index (χ4n) is 3.92. The summed E-state index contributed by atoms with van der Waals surface area (Å²) in [4.78, 5) is 27.7. The number of halogens is 1. The molecule has 10 heteroatoms. The Morgan fingerprint density at radius 2 is 1.92 bits per heavy atom. The molecule has 206 valence electrons. The molecule has 0 bridgehead atoms. The van der Waals surface area contributed by atoms with Crippen molar-refractivity contribution < 1.29 is 35.4 Å². The van der Waals surface area contributed by atoms with Crippen LogP contribution in [0.15, 0.2) is 54.4 Å². The molecule has 2 N–H and O–H groups in total. The molecule has 2 amide bonds. The molecule has 1 saturated heterocycles. The molecule has 3 rings (SSSR count). The van der Waals surface area contributed by atoms with Crippen molar-refractivity contribution in [3.8, 4) is 11.8 Å². The van der Waals surface area contributed by atoms with Crippen molar-refractivity contribution in [1.82, 2.24) is 10.2 Å². The van der Waals surface area contributed by atoms with Crippen LogP contribution in [0.1, 0.15) is 68.1 Å². The number of hydrogen-bond acceptors (Lipinski definition) is 4. The van der Waals surface area contributed by atoms with Gasteiger partial charge in [0.05, 0.1) is 12.1 Å². The molecule has 0 aromatic heterocycles. The van der Waals surface area contributed by atoms with Crippen molar-refractivity contribution in [3.05, 3.63) is 87.3 Å². The van der Waals surface area contributed by atoms with Crippen LogP contribution in [-0.4, -0.2) is 35.0 Å². The predicted octanol–water partition coefficient (Wildman–Crippen LogP) is 6.60. The van der Waals surface area contributed by atoms with E-state index < -0.39 is 6.04 Å². The number of carbonyl (C=O) groups is 2. The van der Waals surface area contributed by atoms with Crippen LogP contribution < -0.4 is 10.1 Å². The molecule has 1 heterocycles. The largest absolute Gasteiger partial charge is 2.00 e. The Morgan fingerprint density at radius 3 is 2.49 bits per heavy atom. The zero-order valence-electron chi connectivity index (χ0n) is 22.8. The summed E-state index contributed by atoms with van der Waals surface area (Å²) >= 11 is 6.13. The molecule has 2 aromatic carbocycles. The fourth-order valence-corrected chi connectivity index (χ4v) is 4.12. The van der Waals surface area contributed by atoms with E-state index in [-0.39, 0.29) is 56.4 Å². The number of aryl methyl sites for hydroxylation is 1. The Balaban J connectivity index is 0.00000116. The third-order valence-electron chi connectivity index (χ3n) is 5.74. The fraction of sp³-hybridized carbons (Fsp3) is 0.379. The Hall–Kier alpha value is -3.14. The summed E-state index contributed by atoms with van der Waals surface area (Å²) in [5.74, 6) is -0.128. The molecule has 1 fully saturated rings. The van der Waals surface area contributed by atoms with Gasteiger partial charge in [-0.05, 0) is 82.0 Å². The zero-order valence-corrected chi connectivity index (χ0v) is 26.5. The van der Waals surface area contributed by atoms with E-state index in [1.807, 2.05) is 38.1 Å². The standard InChI is InChI=1S/C25H28ClN4O3.C4H7N.W/c1-15-12-19(9-10-22(15)33-23(28)13-16(2)27)24(31)29-17(3)25(32)30-11-5-8-21(30)18-6-4-7-20(26)14-18;1-4(2)3-5;/h4,6-7,9-10,12-14,17,21H,5,8,11H2,1-3H3,(H3-,27,28,29,31);4H,1-2H3;/q-1;;+2/p-1/t17-,21?;;/m1../s1. The van der Waals surface area contributed by atoms with Gasteiger partial charge in [-0.1, -0.05) is 36.7 Å². The Labute approximate surface area is 250 Å². The van der Waals surface area contributed by atoms with Crippen molar-refractivity contribution in [2.24, 2.45) is 5.92 Å². The molecule has 1 aliphatic heterocycles. The van der Waals surface area contributed by atoms with E-state index in [0.717, 1.165) is 18.4 Å². The van der Waals surface area contributed by atoms with E-state index in [0.29, 0.717) is 28.4 Å². The third-order valence-corrected chi connectivity index (χ3v) is 5.98. The molecule has 1 unspecified atom stereocenters. The van der Waals surface area contributed by atoms with E-state index in [9.17, 15) is 15.0 Å². The molecule has 39 heavy (non-hydrogen) atoms. The predicted molar refractivity (Wildman–Crippen MR) is 151 cm³/mol. The van der Waals surface area contributed by atoms with Gasteiger partial charge in [-0.15, -0.1) is 0 Å². The first-order valence-electron chi connectivity index (χ1n) is 12.4. The first-order chi connectivity index (χ1) is 17.9. The third kappa shape index (κ3) is 10.5. The molecule has 2 aromatic rings. The number of nitriles is 1. The average molecular weight is 720 g/mol. The van der Waals surface area contributed by atoms with Gasteiger partial charge in [-0.25, -0.2) is 0 Å². The molecular weight excluding hydrogens is 686 g/mol. The van der Waals surface area contributed by atoms with Crippen LogP contribution in [0.4, 0.5) is 0 Å². The molecule has 1 aliphatic rings. The average Bonchev–Trinajstić information content (AvgIpc) is 3.34. The number of nitrogens with zero attached hydrogens (tertiary/aromatic N) is 3. The summed E-state index contributed by atoms with van der Waals surface area (Å²) in [5, 5.41) is 20.6. The van der Waals surface area contributed by atoms with Gasteiger partial charge in [0.1, 0.15) is 11.8 Å². The topological polar surface area (TPSA) is 129 Å². The number of rotatable bonds is 7. The Morgan fingerprint density at radius 1 is 1.26 bits per heavy atom. The number of benzene rings is 2. The van der Waals surface area contributed by atoms with Crippen LogP contribution in [0.5, 0.6) is 5.75 Å². The van der Waals surface area contributed by atoms with Gasteiger partial charge >= 0.3 is 21.1 Å². The van der Waals surface area contributed by atoms with Gasteiger partial charge in [0, 0.05) is 28.9 Å². The van der Waals surface area contributed by atoms with Gasteiger partial charge in [0.2, 0.25) is 5.91 Å². The van der Waals surface area contributed by atoms with E-state index in [1.165, 1.54) is 13.0 Å². The molecule has 2 atom stereocenters. The second-order valence-corrected chi connectivity index (χ2v) is 9.89. The maximum atomic E-state index is 13.1. The molecule has 0 saturated carbocycles. The minimum Gasteiger partial charge on any atom is -0.808 e. The molecular formula is C29H34ClN5O3W. The summed E-state index contributed by atoms with van der Waals surface area (Å²) in [6.45, 7) is 9.24. The minimum absolute atomic E-state index is 0. The van der Waals surface area contributed by atoms with Crippen LogP contribution in [0, 0.1) is 24.2 Å². The van der Waals surface area contributed by atoms with Crippen LogP contribution >= 0.6 is 11.6 Å². The molecule has 0 radical (unpaired) electrons. The maximum Gasteiger partial charge on any atom is 2.00 e. The smallest absolute Gasteiger partial charge is 0.808 e. The maximum absolute atomic E-state index is 13.1. The molecule has 0 aliphatic carbocycles. The number of allylic oxidation sites excluding steroid dienone is 1. The zero-order chi connectivity index (χ0) is 28.4. The quantitative estimate of drug-likeness (QED) is 0.256. The number of ether oxygens (including phenoxy) is 1. The van der Waals surface area contributed by atoms with Crippen molar-refractivity contribution in [2.75, 3.05) is 6.54 Å². The summed E-state index contributed by atoms with van der Waals surface area (Å²) in [7, 11) is 0. The van der Waals surface area contributed by atoms with Crippen LogP contribution in [0.25, 0.3) is 11.1 Å². The van der Waals surface area contributed by atoms with E-state index >= 15 is 0 Å². The number of likely N-dealkylation sites (tertiary alicyclic amines) is 1. The summed E-state index contributed by atoms with van der Waals surface area (Å²) in [5.41, 5.74) is 9.70. The first-order valence-corrected chi connectivity index (χ1v) is 12.8. The van der Waals surface area contributed by atoms with E-state index in [2.05, 4.69) is 5.32 Å². The minimum atomic E-state index is -0.695. The second-order valence-electron chi connectivity index (χ2n) is 9.46. The summed E-state index contributed by atoms with van der Waals surface area (Å²) < 4.78 is 5.38. The van der Waals surface area contributed by atoms with Gasteiger partial charge in [0.25, 0.3) is 5.91 Å². The summed E-state index contributed by atoms with van der Waals surface area (Å²) in [6.07, 6.45) is 2.93. The Kier molecular flexibility index (Phi) is 14.0. The Bertz CT molecular complexity index is 1240. The SMILES string of the molecule is CC(=[N-])/C=C(\[NH-])Oc1ccc(C(=O)N[C@H](C)C(=O)N2CCCC2c2cccc(Cl)c2)cc1C.CC(C)C#N.[W+2]. The van der Waals surface area contributed by atoms with Gasteiger partial charge in [0.15, 0.2) is 0 Å². The number of carbonyl (C=O) groups excluding carboxylic acids is 2. The van der Waals surface area contributed by atoms with E-state index in [4.69, 9.17) is 27.3 Å². The molecule has 8 nitrogen and oxygen atoms in total. The normalized spacial score (nSPS) is 15.3. The van der Waals surface area contributed by atoms with Crippen molar-refractivity contribution in [2.45, 2.75) is 59.5 Å². The monoisotopic (exact) mass is 719 g/mol. The van der Waals surface area contributed by atoms with Crippen molar-refractivity contribution in [3.63, 3.8) is 0 Å². The van der Waals surface area contributed by atoms with Crippen molar-refractivity contribution >= 4 is 29.1 Å². The van der Waals surface area contributed by atoms with Crippen molar-refractivity contribution in [1.29, 1.82) is 5.26 Å².